The minimum absolute atomic E-state index is 0.361. The van der Waals surface area contributed by atoms with Crippen LogP contribution in [0, 0.1) is 13.8 Å². The lowest BCUT2D eigenvalue weighted by atomic mass is 9.99. The Labute approximate surface area is 92.5 Å². The molecule has 0 radical (unpaired) electrons. The SMILES string of the molecule is C=C(C)CCC(O)c1cc(C)cc(C)c1. The van der Waals surface area contributed by atoms with E-state index in [1.54, 1.807) is 0 Å². The summed E-state index contributed by atoms with van der Waals surface area (Å²) in [5, 5.41) is 9.98. The molecule has 0 saturated carbocycles. The van der Waals surface area contributed by atoms with Crippen molar-refractivity contribution in [1.29, 1.82) is 0 Å². The molecule has 1 atom stereocenters. The second-order valence-electron chi connectivity index (χ2n) is 4.43. The highest BCUT2D eigenvalue weighted by Crippen LogP contribution is 2.22. The fourth-order valence-electron chi connectivity index (χ4n) is 1.75. The van der Waals surface area contributed by atoms with E-state index in [1.807, 2.05) is 6.92 Å². The first-order valence-corrected chi connectivity index (χ1v) is 5.39. The Bertz CT molecular complexity index is 332. The van der Waals surface area contributed by atoms with Crippen molar-refractivity contribution in [2.24, 2.45) is 0 Å². The molecule has 1 heteroatoms. The molecule has 0 bridgehead atoms. The number of aryl methyl sites for hydroxylation is 2. The Morgan fingerprint density at radius 2 is 1.80 bits per heavy atom. The van der Waals surface area contributed by atoms with E-state index in [4.69, 9.17) is 0 Å². The van der Waals surface area contributed by atoms with E-state index in [1.165, 1.54) is 11.1 Å². The number of rotatable bonds is 4. The van der Waals surface area contributed by atoms with Crippen LogP contribution in [0.15, 0.2) is 30.4 Å². The summed E-state index contributed by atoms with van der Waals surface area (Å²) in [6.45, 7) is 9.95. The second kappa shape index (κ2) is 5.13. The van der Waals surface area contributed by atoms with Gasteiger partial charge in [-0.05, 0) is 39.2 Å². The maximum atomic E-state index is 9.98. The van der Waals surface area contributed by atoms with Crippen molar-refractivity contribution in [2.45, 2.75) is 39.7 Å². The van der Waals surface area contributed by atoms with Crippen molar-refractivity contribution in [3.63, 3.8) is 0 Å². The highest BCUT2D eigenvalue weighted by Gasteiger charge is 2.07. The van der Waals surface area contributed by atoms with Crippen LogP contribution in [-0.4, -0.2) is 5.11 Å². The van der Waals surface area contributed by atoms with Gasteiger partial charge in [0.05, 0.1) is 6.10 Å². The third-order valence-corrected chi connectivity index (χ3v) is 2.47. The van der Waals surface area contributed by atoms with Gasteiger partial charge in [0.25, 0.3) is 0 Å². The average molecular weight is 204 g/mol. The van der Waals surface area contributed by atoms with Crippen LogP contribution in [-0.2, 0) is 0 Å². The van der Waals surface area contributed by atoms with Gasteiger partial charge in [0.15, 0.2) is 0 Å². The van der Waals surface area contributed by atoms with Crippen LogP contribution >= 0.6 is 0 Å². The summed E-state index contributed by atoms with van der Waals surface area (Å²) < 4.78 is 0. The normalized spacial score (nSPS) is 12.5. The second-order valence-corrected chi connectivity index (χ2v) is 4.43. The Morgan fingerprint density at radius 1 is 1.27 bits per heavy atom. The largest absolute Gasteiger partial charge is 0.388 e. The standard InChI is InChI=1S/C14H20O/c1-10(2)5-6-14(15)13-8-11(3)7-12(4)9-13/h7-9,14-15H,1,5-6H2,2-4H3. The molecule has 1 aromatic carbocycles. The maximum Gasteiger partial charge on any atom is 0.0793 e. The summed E-state index contributed by atoms with van der Waals surface area (Å²) in [6.07, 6.45) is 1.28. The van der Waals surface area contributed by atoms with Crippen molar-refractivity contribution in [1.82, 2.24) is 0 Å². The molecule has 1 unspecified atom stereocenters. The summed E-state index contributed by atoms with van der Waals surface area (Å²) in [7, 11) is 0. The van der Waals surface area contributed by atoms with Gasteiger partial charge >= 0.3 is 0 Å². The summed E-state index contributed by atoms with van der Waals surface area (Å²) in [5.41, 5.74) is 4.56. The Balaban J connectivity index is 2.72. The molecule has 0 aliphatic heterocycles. The lowest BCUT2D eigenvalue weighted by molar-refractivity contribution is 0.167. The molecule has 0 aliphatic carbocycles. The summed E-state index contributed by atoms with van der Waals surface area (Å²) >= 11 is 0. The average Bonchev–Trinajstić information content (AvgIpc) is 2.12. The molecule has 0 aromatic heterocycles. The van der Waals surface area contributed by atoms with Crippen molar-refractivity contribution >= 4 is 0 Å². The minimum Gasteiger partial charge on any atom is -0.388 e. The van der Waals surface area contributed by atoms with E-state index in [0.717, 1.165) is 24.0 Å². The zero-order chi connectivity index (χ0) is 11.4. The molecule has 0 aliphatic rings. The van der Waals surface area contributed by atoms with Gasteiger partial charge in [-0.2, -0.15) is 0 Å². The lowest BCUT2D eigenvalue weighted by Gasteiger charge is -2.12. The van der Waals surface area contributed by atoms with Crippen molar-refractivity contribution in [2.75, 3.05) is 0 Å². The molecule has 1 nitrogen and oxygen atoms in total. The molecule has 1 aromatic rings. The zero-order valence-electron chi connectivity index (χ0n) is 9.88. The number of allylic oxidation sites excluding steroid dienone is 1. The van der Waals surface area contributed by atoms with E-state index >= 15 is 0 Å². The molecule has 0 heterocycles. The van der Waals surface area contributed by atoms with Crippen molar-refractivity contribution < 1.29 is 5.11 Å². The van der Waals surface area contributed by atoms with Crippen LogP contribution < -0.4 is 0 Å². The maximum absolute atomic E-state index is 9.98. The Hall–Kier alpha value is -1.08. The van der Waals surface area contributed by atoms with Crippen LogP contribution in [0.2, 0.25) is 0 Å². The van der Waals surface area contributed by atoms with Gasteiger partial charge in [0.2, 0.25) is 0 Å². The van der Waals surface area contributed by atoms with E-state index in [-0.39, 0.29) is 6.10 Å². The Morgan fingerprint density at radius 3 is 2.27 bits per heavy atom. The van der Waals surface area contributed by atoms with Gasteiger partial charge in [0.1, 0.15) is 0 Å². The molecule has 82 valence electrons. The lowest BCUT2D eigenvalue weighted by Crippen LogP contribution is -1.98. The predicted molar refractivity (Wildman–Crippen MR) is 64.9 cm³/mol. The molecule has 0 amide bonds. The first-order valence-electron chi connectivity index (χ1n) is 5.39. The highest BCUT2D eigenvalue weighted by molar-refractivity contribution is 5.29. The molecule has 15 heavy (non-hydrogen) atoms. The van der Waals surface area contributed by atoms with Crippen molar-refractivity contribution in [3.8, 4) is 0 Å². The van der Waals surface area contributed by atoms with Gasteiger partial charge in [-0.15, -0.1) is 6.58 Å². The topological polar surface area (TPSA) is 20.2 Å². The molecule has 1 N–H and O–H groups in total. The summed E-state index contributed by atoms with van der Waals surface area (Å²) in [6, 6.07) is 6.22. The van der Waals surface area contributed by atoms with Crippen LogP contribution in [0.1, 0.15) is 42.6 Å². The predicted octanol–water partition coefficient (Wildman–Crippen LogP) is 3.69. The van der Waals surface area contributed by atoms with E-state index in [9.17, 15) is 5.11 Å². The van der Waals surface area contributed by atoms with E-state index < -0.39 is 0 Å². The van der Waals surface area contributed by atoms with E-state index in [2.05, 4.69) is 38.6 Å². The third-order valence-electron chi connectivity index (χ3n) is 2.47. The van der Waals surface area contributed by atoms with Gasteiger partial charge in [-0.1, -0.05) is 34.9 Å². The first kappa shape index (κ1) is 12.0. The number of benzene rings is 1. The van der Waals surface area contributed by atoms with Gasteiger partial charge in [-0.25, -0.2) is 0 Å². The number of aliphatic hydroxyl groups excluding tert-OH is 1. The monoisotopic (exact) mass is 204 g/mol. The van der Waals surface area contributed by atoms with Crippen molar-refractivity contribution in [3.05, 3.63) is 47.0 Å². The summed E-state index contributed by atoms with van der Waals surface area (Å²) in [5.74, 6) is 0. The quantitative estimate of drug-likeness (QED) is 0.741. The Kier molecular flexibility index (Phi) is 4.10. The van der Waals surface area contributed by atoms with Crippen LogP contribution in [0.3, 0.4) is 0 Å². The highest BCUT2D eigenvalue weighted by atomic mass is 16.3. The molecule has 1 rings (SSSR count). The van der Waals surface area contributed by atoms with Gasteiger partial charge in [0, 0.05) is 0 Å². The van der Waals surface area contributed by atoms with E-state index in [0.29, 0.717) is 0 Å². The van der Waals surface area contributed by atoms with Gasteiger partial charge in [-0.3, -0.25) is 0 Å². The molecule has 0 spiro atoms. The third kappa shape index (κ3) is 3.88. The zero-order valence-corrected chi connectivity index (χ0v) is 9.88. The molecular weight excluding hydrogens is 184 g/mol. The molecular formula is C14H20O. The number of hydrogen-bond acceptors (Lipinski definition) is 1. The summed E-state index contributed by atoms with van der Waals surface area (Å²) in [4.78, 5) is 0. The fourth-order valence-corrected chi connectivity index (χ4v) is 1.75. The number of aliphatic hydroxyl groups is 1. The molecule has 0 saturated heterocycles. The fraction of sp³-hybridized carbons (Fsp3) is 0.429. The number of hydrogen-bond donors (Lipinski definition) is 1. The minimum atomic E-state index is -0.361. The molecule has 0 fully saturated rings. The van der Waals surface area contributed by atoms with Crippen LogP contribution in [0.4, 0.5) is 0 Å². The van der Waals surface area contributed by atoms with Crippen LogP contribution in [0.25, 0.3) is 0 Å². The first-order chi connectivity index (χ1) is 6.99. The smallest absolute Gasteiger partial charge is 0.0793 e. The van der Waals surface area contributed by atoms with Gasteiger partial charge < -0.3 is 5.11 Å². The van der Waals surface area contributed by atoms with Crippen LogP contribution in [0.5, 0.6) is 0 Å².